The fourth-order valence-electron chi connectivity index (χ4n) is 3.08. The third-order valence-electron chi connectivity index (χ3n) is 4.58. The fourth-order valence-corrected chi connectivity index (χ4v) is 3.08. The minimum Gasteiger partial charge on any atom is -0.462 e. The number of anilines is 1. The number of carbonyl (C=O) groups is 3. The van der Waals surface area contributed by atoms with E-state index in [-0.39, 0.29) is 29.3 Å². The second kappa shape index (κ2) is 8.27. The molecular formula is C23H17FN2O5. The Morgan fingerprint density at radius 1 is 1.10 bits per heavy atom. The van der Waals surface area contributed by atoms with Gasteiger partial charge in [-0.3, -0.25) is 15.0 Å². The maximum atomic E-state index is 13.9. The summed E-state index contributed by atoms with van der Waals surface area (Å²) >= 11 is 0. The zero-order chi connectivity index (χ0) is 22.0. The average molecular weight is 420 g/mol. The molecule has 1 aliphatic rings. The van der Waals surface area contributed by atoms with Gasteiger partial charge in [0.1, 0.15) is 22.9 Å². The van der Waals surface area contributed by atoms with Crippen molar-refractivity contribution in [2.24, 2.45) is 0 Å². The van der Waals surface area contributed by atoms with Crippen LogP contribution in [0, 0.1) is 5.82 Å². The highest BCUT2D eigenvalue weighted by Gasteiger charge is 2.34. The summed E-state index contributed by atoms with van der Waals surface area (Å²) in [6, 6.07) is 15.3. The third-order valence-corrected chi connectivity index (χ3v) is 4.58. The quantitative estimate of drug-likeness (QED) is 0.386. The molecule has 156 valence electrons. The maximum absolute atomic E-state index is 13.9. The van der Waals surface area contributed by atoms with Gasteiger partial charge in [0.25, 0.3) is 11.8 Å². The molecule has 0 unspecified atom stereocenters. The molecule has 4 rings (SSSR count). The zero-order valence-electron chi connectivity index (χ0n) is 16.4. The number of furan rings is 1. The summed E-state index contributed by atoms with van der Waals surface area (Å²) in [5.41, 5.74) is 3.32. The first-order valence-corrected chi connectivity index (χ1v) is 9.47. The number of hydrogen-bond donors (Lipinski definition) is 1. The van der Waals surface area contributed by atoms with Gasteiger partial charge in [-0.1, -0.05) is 12.1 Å². The monoisotopic (exact) mass is 420 g/mol. The molecule has 2 heterocycles. The highest BCUT2D eigenvalue weighted by molar-refractivity contribution is 6.31. The van der Waals surface area contributed by atoms with Gasteiger partial charge in [-0.15, -0.1) is 0 Å². The van der Waals surface area contributed by atoms with E-state index in [1.165, 1.54) is 36.4 Å². The molecule has 0 atom stereocenters. The van der Waals surface area contributed by atoms with Crippen LogP contribution in [0.15, 0.2) is 70.7 Å². The van der Waals surface area contributed by atoms with Gasteiger partial charge < -0.3 is 9.15 Å². The van der Waals surface area contributed by atoms with E-state index < -0.39 is 23.6 Å². The van der Waals surface area contributed by atoms with Crippen LogP contribution in [0.1, 0.15) is 23.0 Å². The Bertz CT molecular complexity index is 1200. The van der Waals surface area contributed by atoms with Crippen molar-refractivity contribution in [3.05, 3.63) is 83.4 Å². The Hall–Kier alpha value is -4.20. The summed E-state index contributed by atoms with van der Waals surface area (Å²) in [6.07, 6.45) is 1.30. The molecule has 2 aromatic carbocycles. The summed E-state index contributed by atoms with van der Waals surface area (Å²) in [7, 11) is 0. The topological polar surface area (TPSA) is 88.8 Å². The Morgan fingerprint density at radius 3 is 2.55 bits per heavy atom. The number of carbonyl (C=O) groups excluding carboxylic acids is 3. The highest BCUT2D eigenvalue weighted by atomic mass is 19.1. The second-order valence-electron chi connectivity index (χ2n) is 6.59. The SMILES string of the molecule is CCOC(=O)c1ccc(N2NC(=O)/C(=C\c3ccc(-c4ccccc4F)o3)C2=O)cc1. The highest BCUT2D eigenvalue weighted by Crippen LogP contribution is 2.27. The normalized spacial score (nSPS) is 14.8. The van der Waals surface area contributed by atoms with Crippen LogP contribution >= 0.6 is 0 Å². The summed E-state index contributed by atoms with van der Waals surface area (Å²) < 4.78 is 24.5. The number of amides is 2. The van der Waals surface area contributed by atoms with Crippen LogP contribution in [0.25, 0.3) is 17.4 Å². The predicted molar refractivity (Wildman–Crippen MR) is 110 cm³/mol. The summed E-state index contributed by atoms with van der Waals surface area (Å²) in [6.45, 7) is 1.96. The van der Waals surface area contributed by atoms with E-state index in [1.807, 2.05) is 0 Å². The van der Waals surface area contributed by atoms with Crippen LogP contribution in [-0.2, 0) is 14.3 Å². The Labute approximate surface area is 176 Å². The molecule has 0 saturated carbocycles. The van der Waals surface area contributed by atoms with Gasteiger partial charge >= 0.3 is 5.97 Å². The van der Waals surface area contributed by atoms with Crippen LogP contribution in [0.5, 0.6) is 0 Å². The van der Waals surface area contributed by atoms with Gasteiger partial charge in [0.15, 0.2) is 0 Å². The van der Waals surface area contributed by atoms with E-state index in [0.717, 1.165) is 5.01 Å². The molecule has 1 fully saturated rings. The van der Waals surface area contributed by atoms with Crippen LogP contribution in [-0.4, -0.2) is 24.4 Å². The molecule has 1 aromatic heterocycles. The number of ether oxygens (including phenoxy) is 1. The standard InChI is InChI=1S/C23H17FN2O5/c1-2-30-23(29)14-7-9-15(10-8-14)26-22(28)18(21(27)25-26)13-16-11-12-20(31-16)17-5-3-4-6-19(17)24/h3-13H,2H2,1H3,(H,25,27)/b18-13+. The summed E-state index contributed by atoms with van der Waals surface area (Å²) in [5, 5.41) is 1.07. The first-order chi connectivity index (χ1) is 15.0. The minimum atomic E-state index is -0.608. The molecule has 1 saturated heterocycles. The largest absolute Gasteiger partial charge is 0.462 e. The van der Waals surface area contributed by atoms with E-state index in [4.69, 9.17) is 9.15 Å². The zero-order valence-corrected chi connectivity index (χ0v) is 16.4. The van der Waals surface area contributed by atoms with Crippen LogP contribution in [0.2, 0.25) is 0 Å². The fraction of sp³-hybridized carbons (Fsp3) is 0.0870. The van der Waals surface area contributed by atoms with Crippen molar-refractivity contribution < 1.29 is 27.9 Å². The maximum Gasteiger partial charge on any atom is 0.338 e. The number of hydrogen-bond acceptors (Lipinski definition) is 5. The smallest absolute Gasteiger partial charge is 0.338 e. The molecule has 8 heteroatoms. The first-order valence-electron chi connectivity index (χ1n) is 9.47. The van der Waals surface area contributed by atoms with Gasteiger partial charge in [-0.2, -0.15) is 0 Å². The first kappa shape index (κ1) is 20.1. The molecule has 3 aromatic rings. The van der Waals surface area contributed by atoms with Gasteiger partial charge in [-0.25, -0.2) is 14.2 Å². The molecule has 31 heavy (non-hydrogen) atoms. The Balaban J connectivity index is 1.56. The number of nitrogens with one attached hydrogen (secondary N) is 1. The molecule has 1 N–H and O–H groups in total. The Kier molecular flexibility index (Phi) is 5.36. The lowest BCUT2D eigenvalue weighted by atomic mass is 10.1. The van der Waals surface area contributed by atoms with E-state index in [2.05, 4.69) is 5.43 Å². The lowest BCUT2D eigenvalue weighted by Gasteiger charge is -2.14. The molecule has 0 radical (unpaired) electrons. The van der Waals surface area contributed by atoms with Crippen LogP contribution in [0.3, 0.4) is 0 Å². The van der Waals surface area contributed by atoms with E-state index in [1.54, 1.807) is 37.3 Å². The van der Waals surface area contributed by atoms with Gasteiger partial charge in [0.05, 0.1) is 23.4 Å². The van der Waals surface area contributed by atoms with Crippen molar-refractivity contribution in [1.82, 2.24) is 5.43 Å². The van der Waals surface area contributed by atoms with Crippen molar-refractivity contribution in [3.63, 3.8) is 0 Å². The number of benzene rings is 2. The van der Waals surface area contributed by atoms with Crippen LogP contribution < -0.4 is 10.4 Å². The molecule has 7 nitrogen and oxygen atoms in total. The number of halogens is 1. The van der Waals surface area contributed by atoms with Crippen LogP contribution in [0.4, 0.5) is 10.1 Å². The van der Waals surface area contributed by atoms with Crippen molar-refractivity contribution in [3.8, 4) is 11.3 Å². The van der Waals surface area contributed by atoms with Gasteiger partial charge in [0, 0.05) is 0 Å². The number of hydrazine groups is 1. The van der Waals surface area contributed by atoms with E-state index >= 15 is 0 Å². The van der Waals surface area contributed by atoms with Gasteiger partial charge in [0.2, 0.25) is 0 Å². The number of esters is 1. The molecule has 0 bridgehead atoms. The number of nitrogens with zero attached hydrogens (tertiary/aromatic N) is 1. The Morgan fingerprint density at radius 2 is 1.84 bits per heavy atom. The van der Waals surface area contributed by atoms with Gasteiger partial charge in [-0.05, 0) is 61.5 Å². The van der Waals surface area contributed by atoms with Crippen molar-refractivity contribution in [2.75, 3.05) is 11.6 Å². The summed E-state index contributed by atoms with van der Waals surface area (Å²) in [4.78, 5) is 36.9. The second-order valence-corrected chi connectivity index (χ2v) is 6.59. The third kappa shape index (κ3) is 3.95. The lowest BCUT2D eigenvalue weighted by molar-refractivity contribution is -0.117. The minimum absolute atomic E-state index is 0.135. The van der Waals surface area contributed by atoms with Crippen molar-refractivity contribution >= 4 is 29.5 Å². The molecule has 0 spiro atoms. The van der Waals surface area contributed by atoms with E-state index in [9.17, 15) is 18.8 Å². The van der Waals surface area contributed by atoms with E-state index in [0.29, 0.717) is 11.3 Å². The molecular weight excluding hydrogens is 403 g/mol. The lowest BCUT2D eigenvalue weighted by Crippen LogP contribution is -2.35. The van der Waals surface area contributed by atoms with Crippen molar-refractivity contribution in [2.45, 2.75) is 6.92 Å². The average Bonchev–Trinajstić information content (AvgIpc) is 3.34. The number of rotatable bonds is 5. The summed E-state index contributed by atoms with van der Waals surface area (Å²) in [5.74, 6) is -1.60. The molecule has 1 aliphatic heterocycles. The molecule has 0 aliphatic carbocycles. The molecule has 2 amide bonds. The van der Waals surface area contributed by atoms with Crippen molar-refractivity contribution in [1.29, 1.82) is 0 Å². The predicted octanol–water partition coefficient (Wildman–Crippen LogP) is 3.72.